The lowest BCUT2D eigenvalue weighted by Crippen LogP contribution is -2.34. The molecule has 2 atom stereocenters. The monoisotopic (exact) mass is 386 g/mol. The molecule has 2 unspecified atom stereocenters. The molecule has 150 valence electrons. The molecule has 1 aromatic rings. The first-order valence-corrected chi connectivity index (χ1v) is 8.69. The van der Waals surface area contributed by atoms with Crippen LogP contribution < -0.4 is 0 Å². The molecule has 0 N–H and O–H groups in total. The molecule has 27 heavy (non-hydrogen) atoms. The van der Waals surface area contributed by atoms with Crippen LogP contribution in [0, 0.1) is 20.2 Å². The average molecular weight is 386 g/mol. The fourth-order valence-corrected chi connectivity index (χ4v) is 2.61. The number of aromatic nitrogens is 2. The van der Waals surface area contributed by atoms with Gasteiger partial charge in [0.25, 0.3) is 0 Å². The zero-order chi connectivity index (χ0) is 19.8. The summed E-state index contributed by atoms with van der Waals surface area (Å²) in [6.45, 7) is 2.07. The minimum absolute atomic E-state index is 0.142. The molecule has 0 aliphatic carbocycles. The lowest BCUT2D eigenvalue weighted by Gasteiger charge is -2.27. The van der Waals surface area contributed by atoms with Crippen molar-refractivity contribution in [3.63, 3.8) is 0 Å². The Morgan fingerprint density at radius 2 is 2.19 bits per heavy atom. The Bertz CT molecular complexity index is 671. The van der Waals surface area contributed by atoms with E-state index in [0.29, 0.717) is 19.4 Å². The van der Waals surface area contributed by atoms with E-state index in [0.717, 1.165) is 23.6 Å². The van der Waals surface area contributed by atoms with Crippen LogP contribution in [-0.2, 0) is 25.5 Å². The molecule has 0 aromatic carbocycles. The van der Waals surface area contributed by atoms with Crippen molar-refractivity contribution in [3.05, 3.63) is 26.4 Å². The minimum Gasteiger partial charge on any atom is -0.463 e. The summed E-state index contributed by atoms with van der Waals surface area (Å²) < 4.78 is 17.4. The number of carbonyl (C=O) groups excluding carboxylic acids is 1. The van der Waals surface area contributed by atoms with Crippen LogP contribution in [0.25, 0.3) is 0 Å². The predicted octanol–water partition coefficient (Wildman–Crippen LogP) is 1.95. The highest BCUT2D eigenvalue weighted by atomic mass is 16.7. The van der Waals surface area contributed by atoms with E-state index in [4.69, 9.17) is 14.2 Å². The number of hydrogen-bond donors (Lipinski definition) is 0. The highest BCUT2D eigenvalue weighted by molar-refractivity contribution is 5.69. The van der Waals surface area contributed by atoms with Gasteiger partial charge in [-0.05, 0) is 40.5 Å². The summed E-state index contributed by atoms with van der Waals surface area (Å²) in [4.78, 5) is 35.4. The zero-order valence-corrected chi connectivity index (χ0v) is 14.9. The highest BCUT2D eigenvalue weighted by Gasteiger charge is 2.28. The number of imidazole rings is 1. The molecule has 2 rings (SSSR count). The normalized spacial score (nSPS) is 18.0. The highest BCUT2D eigenvalue weighted by Crippen LogP contribution is 2.21. The van der Waals surface area contributed by atoms with Crippen molar-refractivity contribution in [2.24, 2.45) is 0 Å². The van der Waals surface area contributed by atoms with Gasteiger partial charge < -0.3 is 34.4 Å². The molecule has 1 aromatic heterocycles. The molecule has 1 aliphatic rings. The van der Waals surface area contributed by atoms with Gasteiger partial charge in [0.15, 0.2) is 12.5 Å². The Morgan fingerprint density at radius 1 is 1.41 bits per heavy atom. The molecule has 1 aliphatic heterocycles. The quantitative estimate of drug-likeness (QED) is 0.334. The van der Waals surface area contributed by atoms with Crippen LogP contribution in [0.5, 0.6) is 0 Å². The fraction of sp³-hybridized carbons (Fsp3) is 0.733. The summed E-state index contributed by atoms with van der Waals surface area (Å²) >= 11 is 0. The lowest BCUT2D eigenvalue weighted by molar-refractivity contribution is -0.403. The molecule has 1 saturated heterocycles. The van der Waals surface area contributed by atoms with Crippen LogP contribution in [0.4, 0.5) is 11.8 Å². The van der Waals surface area contributed by atoms with Gasteiger partial charge >= 0.3 is 17.7 Å². The summed E-state index contributed by atoms with van der Waals surface area (Å²) in [5.74, 6) is -1.74. The van der Waals surface area contributed by atoms with Gasteiger partial charge in [0, 0.05) is 13.0 Å². The third kappa shape index (κ3) is 6.25. The van der Waals surface area contributed by atoms with Crippen molar-refractivity contribution in [1.82, 2.24) is 9.55 Å². The number of nitro groups is 2. The molecule has 12 nitrogen and oxygen atoms in total. The largest absolute Gasteiger partial charge is 0.463 e. The molecule has 12 heteroatoms. The van der Waals surface area contributed by atoms with Crippen LogP contribution in [0.15, 0.2) is 6.20 Å². The molecule has 2 heterocycles. The Hall–Kier alpha value is -2.60. The van der Waals surface area contributed by atoms with E-state index in [2.05, 4.69) is 4.98 Å². The molecule has 0 bridgehead atoms. The lowest BCUT2D eigenvalue weighted by atomic mass is 10.2. The van der Waals surface area contributed by atoms with Crippen LogP contribution >= 0.6 is 0 Å². The van der Waals surface area contributed by atoms with E-state index in [1.807, 2.05) is 6.92 Å². The van der Waals surface area contributed by atoms with Gasteiger partial charge in [-0.15, -0.1) is 0 Å². The second-order valence-electron chi connectivity index (χ2n) is 6.05. The van der Waals surface area contributed by atoms with Gasteiger partial charge in [-0.3, -0.25) is 4.79 Å². The molecular formula is C15H22N4O8. The van der Waals surface area contributed by atoms with E-state index < -0.39 is 40.0 Å². The average Bonchev–Trinajstić information content (AvgIpc) is 3.05. The third-order valence-electron chi connectivity index (χ3n) is 3.86. The van der Waals surface area contributed by atoms with Crippen molar-refractivity contribution in [3.8, 4) is 0 Å². The van der Waals surface area contributed by atoms with Crippen LogP contribution in [-0.4, -0.2) is 51.0 Å². The van der Waals surface area contributed by atoms with Crippen LogP contribution in [0.1, 0.15) is 39.0 Å². The maximum atomic E-state index is 11.6. The van der Waals surface area contributed by atoms with Crippen LogP contribution in [0.2, 0.25) is 0 Å². The first kappa shape index (κ1) is 20.7. The van der Waals surface area contributed by atoms with Gasteiger partial charge in [0.2, 0.25) is 0 Å². The zero-order valence-electron chi connectivity index (χ0n) is 14.9. The van der Waals surface area contributed by atoms with E-state index in [-0.39, 0.29) is 19.6 Å². The van der Waals surface area contributed by atoms with Crippen molar-refractivity contribution in [2.45, 2.75) is 58.0 Å². The summed E-state index contributed by atoms with van der Waals surface area (Å²) in [6.07, 6.45) is 2.99. The van der Waals surface area contributed by atoms with Crippen molar-refractivity contribution in [2.75, 3.05) is 13.2 Å². The van der Waals surface area contributed by atoms with E-state index in [1.54, 1.807) is 0 Å². The number of hydrogen-bond acceptors (Lipinski definition) is 9. The SMILES string of the molecule is CCCC(=O)OCC(Cn1cc([N+](=O)[O-])nc1[N+](=O)[O-])OC1CCCCO1. The van der Waals surface area contributed by atoms with E-state index >= 15 is 0 Å². The Morgan fingerprint density at radius 3 is 2.78 bits per heavy atom. The summed E-state index contributed by atoms with van der Waals surface area (Å²) in [7, 11) is 0. The van der Waals surface area contributed by atoms with Gasteiger partial charge in [-0.25, -0.2) is 4.57 Å². The topological polar surface area (TPSA) is 149 Å². The Labute approximate surface area is 154 Å². The predicted molar refractivity (Wildman–Crippen MR) is 89.9 cm³/mol. The van der Waals surface area contributed by atoms with E-state index in [9.17, 15) is 25.0 Å². The molecular weight excluding hydrogens is 364 g/mol. The van der Waals surface area contributed by atoms with Gasteiger partial charge in [0.05, 0.1) is 0 Å². The van der Waals surface area contributed by atoms with Crippen molar-refractivity contribution in [1.29, 1.82) is 0 Å². The van der Waals surface area contributed by atoms with Gasteiger partial charge in [-0.2, -0.15) is 0 Å². The number of carbonyl (C=O) groups is 1. The van der Waals surface area contributed by atoms with Gasteiger partial charge in [-0.1, -0.05) is 6.92 Å². The second-order valence-corrected chi connectivity index (χ2v) is 6.05. The number of esters is 1. The number of rotatable bonds is 10. The summed E-state index contributed by atoms with van der Waals surface area (Å²) in [6, 6.07) is 0. The molecule has 1 fully saturated rings. The Kier molecular flexibility index (Phi) is 7.61. The molecule has 0 saturated carbocycles. The smallest absolute Gasteiger partial charge is 0.439 e. The fourth-order valence-electron chi connectivity index (χ4n) is 2.61. The number of nitrogens with zero attached hydrogens (tertiary/aromatic N) is 4. The second kappa shape index (κ2) is 9.92. The number of ether oxygens (including phenoxy) is 3. The summed E-state index contributed by atoms with van der Waals surface area (Å²) in [5, 5.41) is 22.0. The van der Waals surface area contributed by atoms with E-state index in [1.165, 1.54) is 0 Å². The van der Waals surface area contributed by atoms with Crippen molar-refractivity contribution >= 4 is 17.7 Å². The molecule has 0 spiro atoms. The van der Waals surface area contributed by atoms with Crippen LogP contribution in [0.3, 0.4) is 0 Å². The third-order valence-corrected chi connectivity index (χ3v) is 3.86. The molecule has 0 amide bonds. The minimum atomic E-state index is -0.815. The standard InChI is InChI=1S/C15H22N4O8/c1-2-5-13(20)26-10-11(27-14-6-3-4-7-25-14)8-17-9-12(18(21)22)16-15(17)19(23)24/h9,11,14H,2-8,10H2,1H3. The maximum absolute atomic E-state index is 11.6. The van der Waals surface area contributed by atoms with Gasteiger partial charge in [0.1, 0.15) is 19.3 Å². The summed E-state index contributed by atoms with van der Waals surface area (Å²) in [5.41, 5.74) is 0. The first-order valence-electron chi connectivity index (χ1n) is 8.69. The Balaban J connectivity index is 2.12. The first-order chi connectivity index (χ1) is 12.9. The maximum Gasteiger partial charge on any atom is 0.439 e. The van der Waals surface area contributed by atoms with Crippen molar-refractivity contribution < 1.29 is 28.9 Å². The molecule has 0 radical (unpaired) electrons.